The van der Waals surface area contributed by atoms with Crippen LogP contribution in [0.25, 0.3) is 0 Å². The highest BCUT2D eigenvalue weighted by Crippen LogP contribution is 2.23. The van der Waals surface area contributed by atoms with Crippen molar-refractivity contribution in [3.8, 4) is 0 Å². The maximum atomic E-state index is 12.9. The van der Waals surface area contributed by atoms with Gasteiger partial charge in [0.25, 0.3) is 0 Å². The molecule has 9 heteroatoms. The maximum absolute atomic E-state index is 12.9. The summed E-state index contributed by atoms with van der Waals surface area (Å²) in [6.45, 7) is 3.81. The first-order valence-electron chi connectivity index (χ1n) is 22.4. The number of aliphatic hydroxyl groups is 5. The topological polar surface area (TPSA) is 149 Å². The largest absolute Gasteiger partial charge is 0.394 e. The van der Waals surface area contributed by atoms with E-state index in [2.05, 4.69) is 31.3 Å². The Kier molecular flexibility index (Phi) is 33.3. The minimum Gasteiger partial charge on any atom is -0.394 e. The van der Waals surface area contributed by atoms with E-state index in [-0.39, 0.29) is 12.5 Å². The van der Waals surface area contributed by atoms with Crippen LogP contribution in [0.5, 0.6) is 0 Å². The number of nitrogens with one attached hydrogen (secondary N) is 1. The number of unbranched alkanes of at least 4 members (excludes halogenated alkanes) is 25. The third kappa shape index (κ3) is 26.4. The van der Waals surface area contributed by atoms with E-state index >= 15 is 0 Å². The van der Waals surface area contributed by atoms with E-state index in [1.807, 2.05) is 0 Å². The SMILES string of the molecule is CCCCCCCCC/C=C/CCCC[C@@H](O)[C@H](CO[C@H]1O[C@@H](CO)[C@H](O)C(O)C1O)NC(=O)CCCCCCCCCCCCCCCCCCC. The molecule has 53 heavy (non-hydrogen) atoms. The molecule has 0 aromatic carbocycles. The molecule has 1 rings (SSSR count). The summed E-state index contributed by atoms with van der Waals surface area (Å²) in [5.41, 5.74) is 0. The standard InChI is InChI=1S/C44H85NO8/c1-3-5-7-9-11-13-15-17-18-19-20-22-24-26-28-30-32-34-40(48)45-37(36-52-44-43(51)42(50)41(49)39(35-46)53-44)38(47)33-31-29-27-25-23-21-16-14-12-10-8-6-4-2/h23,25,37-39,41-44,46-47,49-51H,3-22,24,26-36H2,1-2H3,(H,45,48)/b25-23+/t37-,38+,39-,41-,42?,43?,44-/m0/s1. The molecule has 0 radical (unpaired) electrons. The van der Waals surface area contributed by atoms with Gasteiger partial charge < -0.3 is 40.3 Å². The molecule has 0 bridgehead atoms. The number of carbonyl (C=O) groups excluding carboxylic acids is 1. The summed E-state index contributed by atoms with van der Waals surface area (Å²) in [6, 6.07) is -0.728. The summed E-state index contributed by atoms with van der Waals surface area (Å²) >= 11 is 0. The first kappa shape index (κ1) is 49.9. The van der Waals surface area contributed by atoms with E-state index in [0.29, 0.717) is 12.8 Å². The Labute approximate surface area is 325 Å². The van der Waals surface area contributed by atoms with Gasteiger partial charge in [-0.15, -0.1) is 0 Å². The predicted octanol–water partition coefficient (Wildman–Crippen LogP) is 8.95. The summed E-state index contributed by atoms with van der Waals surface area (Å²) in [7, 11) is 0. The molecule has 1 aliphatic rings. The van der Waals surface area contributed by atoms with Crippen molar-refractivity contribution in [2.24, 2.45) is 0 Å². The van der Waals surface area contributed by atoms with Crippen LogP contribution in [0.15, 0.2) is 12.2 Å². The number of carbonyl (C=O) groups is 1. The van der Waals surface area contributed by atoms with E-state index in [0.717, 1.165) is 44.9 Å². The summed E-state index contributed by atoms with van der Waals surface area (Å²) in [5.74, 6) is -0.152. The molecule has 314 valence electrons. The summed E-state index contributed by atoms with van der Waals surface area (Å²) < 4.78 is 11.2. The minimum absolute atomic E-state index is 0.146. The molecule has 0 aliphatic carbocycles. The molecular formula is C44H85NO8. The molecule has 0 saturated carbocycles. The van der Waals surface area contributed by atoms with Crippen molar-refractivity contribution >= 4 is 5.91 Å². The van der Waals surface area contributed by atoms with Crippen LogP contribution in [0, 0.1) is 0 Å². The van der Waals surface area contributed by atoms with Crippen molar-refractivity contribution < 1.29 is 39.8 Å². The molecular weight excluding hydrogens is 670 g/mol. The molecule has 0 aromatic rings. The van der Waals surface area contributed by atoms with Gasteiger partial charge in [-0.05, 0) is 38.5 Å². The van der Waals surface area contributed by atoms with Gasteiger partial charge in [-0.1, -0.05) is 174 Å². The highest BCUT2D eigenvalue weighted by Gasteiger charge is 2.44. The van der Waals surface area contributed by atoms with Crippen molar-refractivity contribution in [1.29, 1.82) is 0 Å². The average Bonchev–Trinajstić information content (AvgIpc) is 3.16. The van der Waals surface area contributed by atoms with Crippen molar-refractivity contribution in [3.05, 3.63) is 12.2 Å². The zero-order valence-corrected chi connectivity index (χ0v) is 34.3. The fraction of sp³-hybridized carbons (Fsp3) is 0.932. The van der Waals surface area contributed by atoms with E-state index in [1.54, 1.807) is 0 Å². The van der Waals surface area contributed by atoms with Crippen LogP contribution in [0.3, 0.4) is 0 Å². The molecule has 7 atom stereocenters. The lowest BCUT2D eigenvalue weighted by Crippen LogP contribution is -2.60. The van der Waals surface area contributed by atoms with Gasteiger partial charge in [0.2, 0.25) is 5.91 Å². The van der Waals surface area contributed by atoms with Crippen LogP contribution in [0.2, 0.25) is 0 Å². The summed E-state index contributed by atoms with van der Waals surface area (Å²) in [4.78, 5) is 12.9. The van der Waals surface area contributed by atoms with Gasteiger partial charge in [-0.2, -0.15) is 0 Å². The Morgan fingerprint density at radius 1 is 0.623 bits per heavy atom. The number of hydrogen-bond donors (Lipinski definition) is 6. The fourth-order valence-electron chi connectivity index (χ4n) is 7.21. The first-order valence-corrected chi connectivity index (χ1v) is 22.4. The Morgan fingerprint density at radius 3 is 1.53 bits per heavy atom. The monoisotopic (exact) mass is 756 g/mol. The maximum Gasteiger partial charge on any atom is 0.220 e. The van der Waals surface area contributed by atoms with Crippen LogP contribution in [-0.4, -0.2) is 87.5 Å². The van der Waals surface area contributed by atoms with Gasteiger partial charge >= 0.3 is 0 Å². The molecule has 1 saturated heterocycles. The van der Waals surface area contributed by atoms with E-state index in [4.69, 9.17) is 9.47 Å². The predicted molar refractivity (Wildman–Crippen MR) is 217 cm³/mol. The molecule has 1 heterocycles. The van der Waals surface area contributed by atoms with Gasteiger partial charge in [0.15, 0.2) is 6.29 Å². The van der Waals surface area contributed by atoms with Crippen LogP contribution >= 0.6 is 0 Å². The zero-order valence-electron chi connectivity index (χ0n) is 34.3. The fourth-order valence-corrected chi connectivity index (χ4v) is 7.21. The number of aliphatic hydroxyl groups excluding tert-OH is 5. The number of amides is 1. The van der Waals surface area contributed by atoms with Crippen LogP contribution < -0.4 is 5.32 Å². The Bertz CT molecular complexity index is 842. The van der Waals surface area contributed by atoms with Crippen LogP contribution in [0.4, 0.5) is 0 Å². The molecule has 1 amide bonds. The van der Waals surface area contributed by atoms with Crippen molar-refractivity contribution in [3.63, 3.8) is 0 Å². The normalized spacial score (nSPS) is 21.7. The Hall–Kier alpha value is -1.07. The first-order chi connectivity index (χ1) is 25.8. The van der Waals surface area contributed by atoms with Gasteiger partial charge in [-0.3, -0.25) is 4.79 Å². The summed E-state index contributed by atoms with van der Waals surface area (Å²) in [5, 5.41) is 54.2. The minimum atomic E-state index is -1.55. The highest BCUT2D eigenvalue weighted by molar-refractivity contribution is 5.76. The van der Waals surface area contributed by atoms with Gasteiger partial charge in [0, 0.05) is 6.42 Å². The molecule has 1 fully saturated rings. The second-order valence-electron chi connectivity index (χ2n) is 15.8. The second-order valence-corrected chi connectivity index (χ2v) is 15.8. The number of rotatable bonds is 37. The molecule has 1 aliphatic heterocycles. The third-order valence-corrected chi connectivity index (χ3v) is 10.9. The average molecular weight is 756 g/mol. The number of allylic oxidation sites excluding steroid dienone is 2. The Morgan fingerprint density at radius 2 is 1.06 bits per heavy atom. The Balaban J connectivity index is 2.34. The van der Waals surface area contributed by atoms with Crippen LogP contribution in [0.1, 0.15) is 206 Å². The van der Waals surface area contributed by atoms with Crippen molar-refractivity contribution in [1.82, 2.24) is 5.32 Å². The highest BCUT2D eigenvalue weighted by atomic mass is 16.7. The number of ether oxygens (including phenoxy) is 2. The lowest BCUT2D eigenvalue weighted by molar-refractivity contribution is -0.302. The molecule has 9 nitrogen and oxygen atoms in total. The van der Waals surface area contributed by atoms with Crippen LogP contribution in [-0.2, 0) is 14.3 Å². The molecule has 2 unspecified atom stereocenters. The summed E-state index contributed by atoms with van der Waals surface area (Å²) in [6.07, 6.45) is 32.2. The molecule has 0 spiro atoms. The quantitative estimate of drug-likeness (QED) is 0.0272. The second kappa shape index (κ2) is 35.4. The van der Waals surface area contributed by atoms with Gasteiger partial charge in [0.05, 0.1) is 25.4 Å². The lowest BCUT2D eigenvalue weighted by atomic mass is 9.99. The number of hydrogen-bond acceptors (Lipinski definition) is 8. The van der Waals surface area contributed by atoms with E-state index in [9.17, 15) is 30.3 Å². The van der Waals surface area contributed by atoms with Gasteiger partial charge in [0.1, 0.15) is 24.4 Å². The van der Waals surface area contributed by atoms with E-state index in [1.165, 1.54) is 135 Å². The van der Waals surface area contributed by atoms with Crippen molar-refractivity contribution in [2.75, 3.05) is 13.2 Å². The van der Waals surface area contributed by atoms with E-state index < -0.39 is 49.5 Å². The lowest BCUT2D eigenvalue weighted by Gasteiger charge is -2.40. The molecule has 6 N–H and O–H groups in total. The zero-order chi connectivity index (χ0) is 38.8. The van der Waals surface area contributed by atoms with Crippen molar-refractivity contribution in [2.45, 2.75) is 249 Å². The third-order valence-electron chi connectivity index (χ3n) is 10.9. The van der Waals surface area contributed by atoms with Gasteiger partial charge in [-0.25, -0.2) is 0 Å². The smallest absolute Gasteiger partial charge is 0.220 e. The molecule has 0 aromatic heterocycles.